The Morgan fingerprint density at radius 3 is 3.07 bits per heavy atom. The normalized spacial score (nSPS) is 33.1. The Bertz CT molecular complexity index is 393. The molecule has 2 aliphatic rings. The number of nitrogens with one attached hydrogen (secondary N) is 3. The molecule has 0 spiro atoms. The molecule has 3 unspecified atom stereocenters. The number of para-hydroxylation sites is 1. The quantitative estimate of drug-likeness (QED) is 0.602. The van der Waals surface area contributed by atoms with Crippen LogP contribution in [0.4, 0.5) is 10.1 Å². The Balaban J connectivity index is 2.06. The lowest BCUT2D eigenvalue weighted by atomic mass is 9.86. The summed E-state index contributed by atoms with van der Waals surface area (Å²) in [4.78, 5) is 0. The highest BCUT2D eigenvalue weighted by molar-refractivity contribution is 5.56. The van der Waals surface area contributed by atoms with Gasteiger partial charge in [-0.1, -0.05) is 12.1 Å². The van der Waals surface area contributed by atoms with Crippen molar-refractivity contribution in [3.05, 3.63) is 29.6 Å². The van der Waals surface area contributed by atoms with Crippen LogP contribution in [0.2, 0.25) is 0 Å². The van der Waals surface area contributed by atoms with Crippen LogP contribution in [0, 0.1) is 11.7 Å². The van der Waals surface area contributed by atoms with Crippen LogP contribution < -0.4 is 16.2 Å². The summed E-state index contributed by atoms with van der Waals surface area (Å²) in [6.45, 7) is 2.96. The molecule has 3 atom stereocenters. The van der Waals surface area contributed by atoms with Crippen molar-refractivity contribution in [2.75, 3.05) is 11.9 Å². The van der Waals surface area contributed by atoms with Gasteiger partial charge in [0.1, 0.15) is 5.82 Å². The number of rotatable bonds is 0. The minimum absolute atomic E-state index is 0.160. The van der Waals surface area contributed by atoms with E-state index < -0.39 is 0 Å². The molecule has 0 aliphatic carbocycles. The number of halogens is 1. The summed E-state index contributed by atoms with van der Waals surface area (Å²) in [5, 5.41) is 3.18. The zero-order valence-electron chi connectivity index (χ0n) is 8.55. The van der Waals surface area contributed by atoms with E-state index in [-0.39, 0.29) is 11.9 Å². The Hall–Kier alpha value is -1.13. The SMILES string of the molecule is CC1NNC2c3cccc(F)c3NCC12. The molecule has 0 aromatic heterocycles. The van der Waals surface area contributed by atoms with Crippen molar-refractivity contribution in [2.45, 2.75) is 19.0 Å². The van der Waals surface area contributed by atoms with Gasteiger partial charge in [-0.25, -0.2) is 9.82 Å². The van der Waals surface area contributed by atoms with Crippen LogP contribution in [0.25, 0.3) is 0 Å². The number of hydrogen-bond donors (Lipinski definition) is 3. The van der Waals surface area contributed by atoms with Crippen LogP contribution in [-0.4, -0.2) is 12.6 Å². The molecule has 0 radical (unpaired) electrons. The van der Waals surface area contributed by atoms with Gasteiger partial charge >= 0.3 is 0 Å². The van der Waals surface area contributed by atoms with Crippen molar-refractivity contribution in [3.8, 4) is 0 Å². The molecule has 1 fully saturated rings. The molecule has 4 heteroatoms. The van der Waals surface area contributed by atoms with Gasteiger partial charge in [-0.3, -0.25) is 5.43 Å². The Kier molecular flexibility index (Phi) is 1.94. The van der Waals surface area contributed by atoms with E-state index in [4.69, 9.17) is 0 Å². The Morgan fingerprint density at radius 2 is 2.20 bits per heavy atom. The lowest BCUT2D eigenvalue weighted by Crippen LogP contribution is -2.32. The zero-order chi connectivity index (χ0) is 10.4. The summed E-state index contributed by atoms with van der Waals surface area (Å²) in [6.07, 6.45) is 0. The van der Waals surface area contributed by atoms with E-state index >= 15 is 0 Å². The molecular weight excluding hydrogens is 193 g/mol. The lowest BCUT2D eigenvalue weighted by molar-refractivity contribution is 0.440. The summed E-state index contributed by atoms with van der Waals surface area (Å²) < 4.78 is 13.5. The first-order valence-corrected chi connectivity index (χ1v) is 5.30. The van der Waals surface area contributed by atoms with Gasteiger partial charge < -0.3 is 5.32 Å². The van der Waals surface area contributed by atoms with Gasteiger partial charge in [0.25, 0.3) is 0 Å². The highest BCUT2D eigenvalue weighted by Crippen LogP contribution is 2.38. The average molecular weight is 207 g/mol. The fourth-order valence-corrected chi connectivity index (χ4v) is 2.53. The van der Waals surface area contributed by atoms with Crippen LogP contribution in [0.1, 0.15) is 18.5 Å². The molecule has 0 bridgehead atoms. The molecule has 2 aliphatic heterocycles. The van der Waals surface area contributed by atoms with E-state index in [2.05, 4.69) is 23.1 Å². The summed E-state index contributed by atoms with van der Waals surface area (Å²) in [6, 6.07) is 5.89. The minimum Gasteiger partial charge on any atom is -0.382 e. The largest absolute Gasteiger partial charge is 0.382 e. The average Bonchev–Trinajstić information content (AvgIpc) is 2.61. The van der Waals surface area contributed by atoms with Crippen molar-refractivity contribution < 1.29 is 4.39 Å². The first-order chi connectivity index (χ1) is 7.27. The van der Waals surface area contributed by atoms with Crippen LogP contribution in [0.15, 0.2) is 18.2 Å². The molecule has 1 aromatic carbocycles. The molecule has 80 valence electrons. The summed E-state index contributed by atoms with van der Waals surface area (Å²) >= 11 is 0. The maximum atomic E-state index is 13.5. The van der Waals surface area contributed by atoms with Crippen LogP contribution >= 0.6 is 0 Å². The third-order valence-electron chi connectivity index (χ3n) is 3.43. The smallest absolute Gasteiger partial charge is 0.146 e. The van der Waals surface area contributed by atoms with E-state index in [0.717, 1.165) is 12.1 Å². The van der Waals surface area contributed by atoms with Crippen LogP contribution in [0.5, 0.6) is 0 Å². The molecule has 1 saturated heterocycles. The maximum Gasteiger partial charge on any atom is 0.146 e. The van der Waals surface area contributed by atoms with Crippen molar-refractivity contribution in [2.24, 2.45) is 5.92 Å². The Morgan fingerprint density at radius 1 is 1.33 bits per heavy atom. The van der Waals surface area contributed by atoms with Crippen LogP contribution in [-0.2, 0) is 0 Å². The Labute approximate surface area is 88.0 Å². The number of benzene rings is 1. The molecule has 3 nitrogen and oxygen atoms in total. The minimum atomic E-state index is -0.160. The van der Waals surface area contributed by atoms with Gasteiger partial charge in [0, 0.05) is 18.5 Å². The second kappa shape index (κ2) is 3.18. The number of hydrogen-bond acceptors (Lipinski definition) is 3. The van der Waals surface area contributed by atoms with Gasteiger partial charge in [-0.15, -0.1) is 0 Å². The van der Waals surface area contributed by atoms with E-state index in [1.54, 1.807) is 6.07 Å². The van der Waals surface area contributed by atoms with Crippen molar-refractivity contribution in [1.82, 2.24) is 10.9 Å². The monoisotopic (exact) mass is 207 g/mol. The van der Waals surface area contributed by atoms with E-state index in [0.29, 0.717) is 17.6 Å². The van der Waals surface area contributed by atoms with Gasteiger partial charge in [0.15, 0.2) is 0 Å². The molecule has 3 rings (SSSR count). The number of anilines is 1. The van der Waals surface area contributed by atoms with Gasteiger partial charge in [0.05, 0.1) is 11.7 Å². The van der Waals surface area contributed by atoms with Crippen molar-refractivity contribution >= 4 is 5.69 Å². The van der Waals surface area contributed by atoms with Gasteiger partial charge in [0.2, 0.25) is 0 Å². The van der Waals surface area contributed by atoms with E-state index in [1.807, 2.05) is 6.07 Å². The standard InChI is InChI=1S/C11H14FN3/c1-6-8-5-13-11-7(10(8)15-14-6)3-2-4-9(11)12/h2-4,6,8,10,13-15H,5H2,1H3. The molecule has 0 saturated carbocycles. The second-order valence-electron chi connectivity index (χ2n) is 4.30. The maximum absolute atomic E-state index is 13.5. The number of hydrazine groups is 1. The molecule has 1 aromatic rings. The first-order valence-electron chi connectivity index (χ1n) is 5.30. The summed E-state index contributed by atoms with van der Waals surface area (Å²) in [5.41, 5.74) is 8.13. The van der Waals surface area contributed by atoms with Crippen molar-refractivity contribution in [3.63, 3.8) is 0 Å². The second-order valence-corrected chi connectivity index (χ2v) is 4.30. The van der Waals surface area contributed by atoms with E-state index in [9.17, 15) is 4.39 Å². The summed E-state index contributed by atoms with van der Waals surface area (Å²) in [5.74, 6) is 0.326. The van der Waals surface area contributed by atoms with Crippen LogP contribution in [0.3, 0.4) is 0 Å². The number of fused-ring (bicyclic) bond motifs is 3. The highest BCUT2D eigenvalue weighted by Gasteiger charge is 2.38. The van der Waals surface area contributed by atoms with Gasteiger partial charge in [-0.05, 0) is 18.6 Å². The van der Waals surface area contributed by atoms with Gasteiger partial charge in [-0.2, -0.15) is 0 Å². The lowest BCUT2D eigenvalue weighted by Gasteiger charge is -2.30. The zero-order valence-corrected chi connectivity index (χ0v) is 8.55. The molecule has 15 heavy (non-hydrogen) atoms. The highest BCUT2D eigenvalue weighted by atomic mass is 19.1. The fourth-order valence-electron chi connectivity index (χ4n) is 2.53. The van der Waals surface area contributed by atoms with E-state index in [1.165, 1.54) is 6.07 Å². The summed E-state index contributed by atoms with van der Waals surface area (Å²) in [7, 11) is 0. The van der Waals surface area contributed by atoms with Crippen molar-refractivity contribution in [1.29, 1.82) is 0 Å². The predicted molar refractivity (Wildman–Crippen MR) is 56.9 cm³/mol. The molecule has 3 N–H and O–H groups in total. The molecule has 2 heterocycles. The topological polar surface area (TPSA) is 36.1 Å². The predicted octanol–water partition coefficient (Wildman–Crippen LogP) is 1.40. The third-order valence-corrected chi connectivity index (χ3v) is 3.43. The first kappa shape index (κ1) is 9.12. The fraction of sp³-hybridized carbons (Fsp3) is 0.455. The molecule has 0 amide bonds. The third kappa shape index (κ3) is 1.25. The molecular formula is C11H14FN3.